The fourth-order valence-corrected chi connectivity index (χ4v) is 0. The molecule has 48 valence electrons. The zero-order valence-electron chi connectivity index (χ0n) is 8.41. The Morgan fingerprint density at radius 1 is 0.750 bits per heavy atom. The molecule has 0 aromatic heterocycles. The first-order valence-corrected chi connectivity index (χ1v) is 0. The summed E-state index contributed by atoms with van der Waals surface area (Å²) in [4.78, 5) is 0. The van der Waals surface area contributed by atoms with E-state index in [-0.39, 0.29) is 162 Å². The van der Waals surface area contributed by atoms with Gasteiger partial charge in [0.15, 0.2) is 0 Å². The summed E-state index contributed by atoms with van der Waals surface area (Å²) in [6.45, 7) is 0. The van der Waals surface area contributed by atoms with E-state index in [9.17, 15) is 0 Å². The molecule has 0 unspecified atom stereocenters. The van der Waals surface area contributed by atoms with Crippen LogP contribution in [-0.2, 0) is 47.9 Å². The monoisotopic (exact) mass is 392 g/mol. The van der Waals surface area contributed by atoms with Crippen LogP contribution in [0.25, 0.3) is 0 Å². The van der Waals surface area contributed by atoms with Crippen molar-refractivity contribution in [2.45, 2.75) is 0 Å². The van der Waals surface area contributed by atoms with E-state index in [1.165, 1.54) is 0 Å². The Labute approximate surface area is 158 Å². The first-order chi connectivity index (χ1) is 0. The van der Waals surface area contributed by atoms with E-state index in [1.54, 1.807) is 0 Å². The topological polar surface area (TPSA) is 126 Å². The smallest absolute Gasteiger partial charge is 1.00 e. The van der Waals surface area contributed by atoms with Gasteiger partial charge in [0.1, 0.15) is 0 Å². The van der Waals surface area contributed by atoms with Crippen LogP contribution in [0.4, 0.5) is 0 Å². The van der Waals surface area contributed by atoms with Crippen LogP contribution in [0.3, 0.4) is 0 Å². The molecule has 8 heteroatoms. The van der Waals surface area contributed by atoms with E-state index >= 15 is 0 Å². The largest absolute Gasteiger partial charge is 2.00 e. The maximum Gasteiger partial charge on any atom is 2.00 e. The van der Waals surface area contributed by atoms with Gasteiger partial charge in [0.05, 0.1) is 0 Å². The van der Waals surface area contributed by atoms with Crippen molar-refractivity contribution in [2.24, 2.45) is 0 Å². The van der Waals surface area contributed by atoms with E-state index in [2.05, 4.69) is 0 Å². The Balaban J connectivity index is 0. The molecule has 0 aliphatic rings. The molecule has 0 rings (SSSR count). The number of hydrogen-bond acceptors (Lipinski definition) is 0. The van der Waals surface area contributed by atoms with E-state index < -0.39 is 0 Å². The average Bonchev–Trinajstić information content (AvgIpc) is 0. The molecule has 8 heavy (non-hydrogen) atoms. The minimum absolute atomic E-state index is 0. The molecule has 0 saturated heterocycles. The van der Waals surface area contributed by atoms with Gasteiger partial charge in [-0.25, -0.2) is 0 Å². The molecule has 0 spiro atoms. The summed E-state index contributed by atoms with van der Waals surface area (Å²) < 4.78 is 0. The van der Waals surface area contributed by atoms with Crippen molar-refractivity contribution < 1.29 is 75.5 Å². The average molecular weight is 393 g/mol. The predicted molar refractivity (Wildman–Crippen MR) is 30.4 cm³/mol. The molecule has 8 N–H and O–H groups in total. The third-order valence-electron chi connectivity index (χ3n) is 0. The molecule has 0 amide bonds. The molecule has 0 atom stereocenters. The first-order valence-electron chi connectivity index (χ1n) is 0. The van der Waals surface area contributed by atoms with Crippen LogP contribution in [-0.4, -0.2) is 109 Å². The minimum Gasteiger partial charge on any atom is -1.00 e. The molecule has 0 aliphatic carbocycles. The van der Waals surface area contributed by atoms with Crippen molar-refractivity contribution in [1.82, 2.24) is 0 Å². The molecule has 0 fully saturated rings. The zero-order chi connectivity index (χ0) is 0. The summed E-state index contributed by atoms with van der Waals surface area (Å²) in [6, 6.07) is 0. The fourth-order valence-electron chi connectivity index (χ4n) is 0. The number of hydrogen-bond donors (Lipinski definition) is 0. The van der Waals surface area contributed by atoms with Gasteiger partial charge in [0.2, 0.25) is 0 Å². The van der Waals surface area contributed by atoms with Gasteiger partial charge < -0.3 is 27.6 Å². The summed E-state index contributed by atoms with van der Waals surface area (Å²) in [5.41, 5.74) is 0. The minimum atomic E-state index is 0. The third-order valence-corrected chi connectivity index (χ3v) is 0. The van der Waals surface area contributed by atoms with Crippen molar-refractivity contribution >= 4 is 86.6 Å². The zero-order valence-corrected chi connectivity index (χ0v) is 15.1. The summed E-state index contributed by atoms with van der Waals surface area (Å²) in [5, 5.41) is 0. The molecule has 0 bridgehead atoms. The fraction of sp³-hybridized carbons (Fsp3) is 0. The normalized spacial score (nSPS) is 0. The van der Waals surface area contributed by atoms with Crippen LogP contribution in [0.1, 0.15) is 5.71 Å². The Kier molecular flexibility index (Phi) is 697. The summed E-state index contributed by atoms with van der Waals surface area (Å²) in [6.07, 6.45) is 0. The molecular formula is H12BaCaO4TiZr. The van der Waals surface area contributed by atoms with Gasteiger partial charge in [-0.15, -0.1) is 0 Å². The molecule has 0 aromatic carbocycles. The van der Waals surface area contributed by atoms with Crippen LogP contribution in [0, 0.1) is 0 Å². The van der Waals surface area contributed by atoms with Crippen LogP contribution < -0.4 is 0 Å². The van der Waals surface area contributed by atoms with E-state index in [0.29, 0.717) is 0 Å². The Morgan fingerprint density at radius 3 is 0.750 bits per heavy atom. The van der Waals surface area contributed by atoms with Gasteiger partial charge in [0.25, 0.3) is 0 Å². The summed E-state index contributed by atoms with van der Waals surface area (Å²) in [5.74, 6) is 0. The van der Waals surface area contributed by atoms with Gasteiger partial charge in [-0.1, -0.05) is 0 Å². The van der Waals surface area contributed by atoms with Crippen LogP contribution in [0.15, 0.2) is 0 Å². The Morgan fingerprint density at radius 2 is 0.750 bits per heavy atom. The van der Waals surface area contributed by atoms with Gasteiger partial charge in [0, 0.05) is 47.9 Å². The van der Waals surface area contributed by atoms with Gasteiger partial charge in [-0.05, 0) is 0 Å². The quantitative estimate of drug-likeness (QED) is 0.378. The summed E-state index contributed by atoms with van der Waals surface area (Å²) in [7, 11) is 0. The Bertz CT molecular complexity index is 27.0. The van der Waals surface area contributed by atoms with Crippen molar-refractivity contribution in [3.8, 4) is 0 Å². The second-order valence-corrected chi connectivity index (χ2v) is 0. The van der Waals surface area contributed by atoms with Gasteiger partial charge in [-0.3, -0.25) is 0 Å². The van der Waals surface area contributed by atoms with Crippen molar-refractivity contribution in [3.63, 3.8) is 0 Å². The summed E-state index contributed by atoms with van der Waals surface area (Å²) >= 11 is 0. The van der Waals surface area contributed by atoms with Crippen molar-refractivity contribution in [1.29, 1.82) is 0 Å². The number of rotatable bonds is 0. The second kappa shape index (κ2) is 65.2. The van der Waals surface area contributed by atoms with Crippen LogP contribution >= 0.6 is 0 Å². The van der Waals surface area contributed by atoms with Gasteiger partial charge >= 0.3 is 86.6 Å². The van der Waals surface area contributed by atoms with Gasteiger partial charge in [-0.2, -0.15) is 0 Å². The maximum atomic E-state index is 0. The molecule has 0 radical (unpaired) electrons. The van der Waals surface area contributed by atoms with Crippen LogP contribution in [0.5, 0.6) is 0 Å². The van der Waals surface area contributed by atoms with E-state index in [0.717, 1.165) is 0 Å². The van der Waals surface area contributed by atoms with Crippen molar-refractivity contribution in [3.05, 3.63) is 0 Å². The molecule has 4 nitrogen and oxygen atoms in total. The van der Waals surface area contributed by atoms with E-state index in [4.69, 9.17) is 0 Å². The third kappa shape index (κ3) is 48.4. The molecule has 0 aromatic rings. The molecule has 0 saturated carbocycles. The predicted octanol–water partition coefficient (Wildman–Crippen LogP) is -3.62. The second-order valence-electron chi connectivity index (χ2n) is 0. The van der Waals surface area contributed by atoms with Crippen LogP contribution in [0.2, 0.25) is 0 Å². The van der Waals surface area contributed by atoms with E-state index in [1.807, 2.05) is 0 Å². The SMILES string of the molecule is O.O.O.O.[Ba+2].[Ca+2].[H-].[H-].[H-].[H-].[Ti].[Zr]. The first kappa shape index (κ1) is 85.5. The maximum absolute atomic E-state index is 0. The Hall–Kier alpha value is 4.27. The molecule has 0 aliphatic heterocycles. The standard InChI is InChI=1S/Ba.Ca.4H2O.Ti.Zr.4H/h;;4*1H2;;;;;;/q2*+2;;;;;;;4*-1. The molecule has 0 heterocycles. The molecular weight excluding hydrogens is 380 g/mol. The van der Waals surface area contributed by atoms with Crippen molar-refractivity contribution in [2.75, 3.05) is 0 Å².